The van der Waals surface area contributed by atoms with Gasteiger partial charge in [0.2, 0.25) is 0 Å². The van der Waals surface area contributed by atoms with Crippen molar-refractivity contribution in [2.24, 2.45) is 0 Å². The highest BCUT2D eigenvalue weighted by Gasteiger charge is 2.17. The second-order valence-corrected chi connectivity index (χ2v) is 3.64. The summed E-state index contributed by atoms with van der Waals surface area (Å²) in [5.74, 6) is 0. The fraction of sp³-hybridized carbons (Fsp3) is 0.889. The predicted molar refractivity (Wildman–Crippen MR) is 52.3 cm³/mol. The van der Waals surface area contributed by atoms with Gasteiger partial charge in [0.1, 0.15) is 0 Å². The van der Waals surface area contributed by atoms with Crippen molar-refractivity contribution in [2.75, 3.05) is 14.1 Å². The Kier molecular flexibility index (Phi) is 4.77. The van der Waals surface area contributed by atoms with Gasteiger partial charge in [-0.05, 0) is 27.7 Å². The van der Waals surface area contributed by atoms with Gasteiger partial charge in [-0.25, -0.2) is 9.86 Å². The van der Waals surface area contributed by atoms with Crippen LogP contribution in [0.1, 0.15) is 27.7 Å². The first-order chi connectivity index (χ1) is 5.86. The molecular formula is C9H20N2O2. The number of rotatable bonds is 3. The van der Waals surface area contributed by atoms with Crippen LogP contribution in [0.4, 0.5) is 4.79 Å². The maximum atomic E-state index is 11.5. The minimum absolute atomic E-state index is 0.0227. The zero-order valence-corrected chi connectivity index (χ0v) is 9.37. The van der Waals surface area contributed by atoms with Gasteiger partial charge in [-0.1, -0.05) is 0 Å². The average Bonchev–Trinajstić information content (AvgIpc) is 2.00. The van der Waals surface area contributed by atoms with Crippen molar-refractivity contribution in [3.63, 3.8) is 0 Å². The smallest absolute Gasteiger partial charge is 0.324 e. The van der Waals surface area contributed by atoms with Crippen molar-refractivity contribution in [1.82, 2.24) is 9.96 Å². The van der Waals surface area contributed by atoms with Crippen molar-refractivity contribution in [3.8, 4) is 0 Å². The van der Waals surface area contributed by atoms with Crippen molar-refractivity contribution in [1.29, 1.82) is 0 Å². The van der Waals surface area contributed by atoms with E-state index < -0.39 is 0 Å². The first-order valence-electron chi connectivity index (χ1n) is 4.53. The fourth-order valence-electron chi connectivity index (χ4n) is 0.804. The lowest BCUT2D eigenvalue weighted by molar-refractivity contribution is -0.138. The van der Waals surface area contributed by atoms with E-state index in [0.29, 0.717) is 0 Å². The largest absolute Gasteiger partial charge is 0.343 e. The molecule has 0 atom stereocenters. The summed E-state index contributed by atoms with van der Waals surface area (Å²) in [6.45, 7) is 7.69. The fourth-order valence-corrected chi connectivity index (χ4v) is 0.804. The molecule has 0 aliphatic rings. The molecule has 0 aromatic carbocycles. The Bertz CT molecular complexity index is 169. The van der Waals surface area contributed by atoms with Gasteiger partial charge < -0.3 is 4.90 Å². The van der Waals surface area contributed by atoms with E-state index in [4.69, 9.17) is 4.84 Å². The van der Waals surface area contributed by atoms with Gasteiger partial charge in [-0.15, -0.1) is 0 Å². The van der Waals surface area contributed by atoms with Crippen molar-refractivity contribution in [2.45, 2.75) is 39.8 Å². The van der Waals surface area contributed by atoms with Gasteiger partial charge in [-0.3, -0.25) is 4.84 Å². The van der Waals surface area contributed by atoms with Gasteiger partial charge in [-0.2, -0.15) is 0 Å². The maximum Gasteiger partial charge on any atom is 0.343 e. The maximum absolute atomic E-state index is 11.5. The summed E-state index contributed by atoms with van der Waals surface area (Å²) < 4.78 is 0. The molecule has 13 heavy (non-hydrogen) atoms. The Morgan fingerprint density at radius 2 is 1.62 bits per heavy atom. The second-order valence-electron chi connectivity index (χ2n) is 3.64. The Labute approximate surface area is 80.4 Å². The minimum Gasteiger partial charge on any atom is -0.324 e. The monoisotopic (exact) mass is 188 g/mol. The van der Waals surface area contributed by atoms with E-state index in [1.807, 2.05) is 27.7 Å². The summed E-state index contributed by atoms with van der Waals surface area (Å²) in [7, 11) is 3.38. The lowest BCUT2D eigenvalue weighted by Crippen LogP contribution is -2.43. The van der Waals surface area contributed by atoms with Crippen LogP contribution >= 0.6 is 0 Å². The third kappa shape index (κ3) is 4.12. The molecule has 0 saturated heterocycles. The molecule has 4 heteroatoms. The van der Waals surface area contributed by atoms with E-state index in [1.54, 1.807) is 19.0 Å². The number of hydrogen-bond donors (Lipinski definition) is 0. The highest BCUT2D eigenvalue weighted by atomic mass is 16.7. The minimum atomic E-state index is -0.122. The van der Waals surface area contributed by atoms with Crippen LogP contribution in [0.25, 0.3) is 0 Å². The lowest BCUT2D eigenvalue weighted by Gasteiger charge is -2.28. The van der Waals surface area contributed by atoms with Crippen molar-refractivity contribution >= 4 is 6.03 Å². The predicted octanol–water partition coefficient (Wildman–Crippen LogP) is 1.72. The van der Waals surface area contributed by atoms with Crippen LogP contribution in [0.3, 0.4) is 0 Å². The lowest BCUT2D eigenvalue weighted by atomic mass is 10.4. The third-order valence-corrected chi connectivity index (χ3v) is 1.71. The third-order valence-electron chi connectivity index (χ3n) is 1.71. The molecule has 0 aromatic heterocycles. The summed E-state index contributed by atoms with van der Waals surface area (Å²) in [6, 6.07) is 0.0643. The van der Waals surface area contributed by atoms with E-state index in [9.17, 15) is 4.79 Å². The topological polar surface area (TPSA) is 32.8 Å². The van der Waals surface area contributed by atoms with Crippen molar-refractivity contribution in [3.05, 3.63) is 0 Å². The highest BCUT2D eigenvalue weighted by Crippen LogP contribution is 2.02. The van der Waals surface area contributed by atoms with Gasteiger partial charge in [0.05, 0.1) is 6.10 Å². The van der Waals surface area contributed by atoms with Crippen LogP contribution in [0.2, 0.25) is 0 Å². The molecule has 0 fully saturated rings. The quantitative estimate of drug-likeness (QED) is 0.632. The average molecular weight is 188 g/mol. The summed E-state index contributed by atoms with van der Waals surface area (Å²) in [5.41, 5.74) is 0. The zero-order chi connectivity index (χ0) is 10.6. The number of urea groups is 1. The molecule has 78 valence electrons. The first kappa shape index (κ1) is 12.2. The van der Waals surface area contributed by atoms with Gasteiger partial charge in [0, 0.05) is 20.1 Å². The zero-order valence-electron chi connectivity index (χ0n) is 9.37. The van der Waals surface area contributed by atoms with Gasteiger partial charge >= 0.3 is 6.03 Å². The number of hydrogen-bond acceptors (Lipinski definition) is 2. The van der Waals surface area contributed by atoms with Crippen LogP contribution in [-0.2, 0) is 4.84 Å². The molecule has 0 aliphatic heterocycles. The number of hydroxylamine groups is 2. The van der Waals surface area contributed by atoms with Crippen LogP contribution in [0, 0.1) is 0 Å². The molecule has 2 amide bonds. The molecular weight excluding hydrogens is 168 g/mol. The number of carbonyl (C=O) groups is 1. The molecule has 0 spiro atoms. The summed E-state index contributed by atoms with van der Waals surface area (Å²) >= 11 is 0. The molecule has 0 aliphatic carbocycles. The van der Waals surface area contributed by atoms with E-state index in [0.717, 1.165) is 0 Å². The summed E-state index contributed by atoms with van der Waals surface area (Å²) in [4.78, 5) is 18.4. The Morgan fingerprint density at radius 1 is 1.15 bits per heavy atom. The van der Waals surface area contributed by atoms with Crippen LogP contribution in [0.15, 0.2) is 0 Å². The molecule has 0 rings (SSSR count). The second kappa shape index (κ2) is 5.07. The number of carbonyl (C=O) groups excluding carboxylic acids is 1. The molecule has 0 unspecified atom stereocenters. The van der Waals surface area contributed by atoms with E-state index >= 15 is 0 Å². The molecule has 0 heterocycles. The standard InChI is InChI=1S/C9H20N2O2/c1-7(2)10(5)9(12)11(6)13-8(3)4/h7-8H,1-6H3. The summed E-state index contributed by atoms with van der Waals surface area (Å²) in [5, 5.41) is 1.27. The molecule has 0 radical (unpaired) electrons. The first-order valence-corrected chi connectivity index (χ1v) is 4.53. The number of amides is 2. The SMILES string of the molecule is CC(C)ON(C)C(=O)N(C)C(C)C. The summed E-state index contributed by atoms with van der Waals surface area (Å²) in [6.07, 6.45) is 0.0227. The van der Waals surface area contributed by atoms with E-state index in [2.05, 4.69) is 0 Å². The molecule has 0 bridgehead atoms. The Balaban J connectivity index is 4.09. The molecule has 0 N–H and O–H groups in total. The molecule has 0 aromatic rings. The Morgan fingerprint density at radius 3 is 1.92 bits per heavy atom. The Hall–Kier alpha value is -0.770. The van der Waals surface area contributed by atoms with E-state index in [-0.39, 0.29) is 18.2 Å². The molecule has 4 nitrogen and oxygen atoms in total. The normalized spacial score (nSPS) is 10.8. The van der Waals surface area contributed by atoms with Gasteiger partial charge in [0.15, 0.2) is 0 Å². The van der Waals surface area contributed by atoms with Crippen LogP contribution in [-0.4, -0.2) is 42.2 Å². The van der Waals surface area contributed by atoms with Crippen LogP contribution in [0.5, 0.6) is 0 Å². The van der Waals surface area contributed by atoms with Crippen LogP contribution < -0.4 is 0 Å². The number of nitrogens with zero attached hydrogens (tertiary/aromatic N) is 2. The van der Waals surface area contributed by atoms with E-state index in [1.165, 1.54) is 5.06 Å². The van der Waals surface area contributed by atoms with Crippen molar-refractivity contribution < 1.29 is 9.63 Å². The van der Waals surface area contributed by atoms with Gasteiger partial charge in [0.25, 0.3) is 0 Å². The highest BCUT2D eigenvalue weighted by molar-refractivity contribution is 5.72. The molecule has 0 saturated carbocycles.